The fraction of sp³-hybridized carbons (Fsp3) is 0.263. The molecule has 1 aliphatic rings. The lowest BCUT2D eigenvalue weighted by Crippen LogP contribution is -2.28. The number of carbonyl (C=O) groups is 2. The van der Waals surface area contributed by atoms with Gasteiger partial charge in [0, 0.05) is 23.6 Å². The molecule has 3 rings (SSSR count). The Balaban J connectivity index is 2.00. The Morgan fingerprint density at radius 3 is 2.62 bits per heavy atom. The molecule has 0 atom stereocenters. The highest BCUT2D eigenvalue weighted by Gasteiger charge is 2.34. The third-order valence-corrected chi connectivity index (χ3v) is 5.44. The first-order valence-electron chi connectivity index (χ1n) is 8.23. The lowest BCUT2D eigenvalue weighted by atomic mass is 10.2. The van der Waals surface area contributed by atoms with Gasteiger partial charge in [0.15, 0.2) is 0 Å². The lowest BCUT2D eigenvalue weighted by Gasteiger charge is -2.10. The number of thioether (sulfide) groups is 1. The zero-order valence-corrected chi connectivity index (χ0v) is 16.2. The molecule has 0 saturated carbocycles. The smallest absolute Gasteiger partial charge is 0.293 e. The minimum Gasteiger partial charge on any atom is -0.318 e. The second-order valence-electron chi connectivity index (χ2n) is 6.09. The zero-order chi connectivity index (χ0) is 19.0. The Hall–Kier alpha value is -2.05. The van der Waals surface area contributed by atoms with Gasteiger partial charge in [-0.2, -0.15) is 0 Å². The molecule has 0 radical (unpaired) electrons. The Kier molecular flexibility index (Phi) is 5.25. The maximum atomic E-state index is 13.4. The molecular formula is C19H18ClFN2O2S. The summed E-state index contributed by atoms with van der Waals surface area (Å²) in [5.41, 5.74) is 3.38. The Morgan fingerprint density at radius 1 is 1.23 bits per heavy atom. The van der Waals surface area contributed by atoms with E-state index in [0.29, 0.717) is 11.4 Å². The van der Waals surface area contributed by atoms with Crippen LogP contribution in [0.4, 0.5) is 9.18 Å². The number of rotatable bonds is 4. The van der Waals surface area contributed by atoms with Gasteiger partial charge >= 0.3 is 0 Å². The van der Waals surface area contributed by atoms with E-state index in [-0.39, 0.29) is 16.2 Å². The van der Waals surface area contributed by atoms with Crippen molar-refractivity contribution in [2.24, 2.45) is 0 Å². The van der Waals surface area contributed by atoms with Crippen LogP contribution in [0.3, 0.4) is 0 Å². The van der Waals surface area contributed by atoms with Crippen molar-refractivity contribution < 1.29 is 14.0 Å². The number of hydrogen-bond acceptors (Lipinski definition) is 3. The summed E-state index contributed by atoms with van der Waals surface area (Å²) < 4.78 is 15.4. The van der Waals surface area contributed by atoms with E-state index in [1.165, 1.54) is 11.0 Å². The van der Waals surface area contributed by atoms with Gasteiger partial charge < -0.3 is 4.57 Å². The average Bonchev–Trinajstić information content (AvgIpc) is 3.01. The number of amides is 2. The van der Waals surface area contributed by atoms with Crippen molar-refractivity contribution >= 4 is 40.6 Å². The van der Waals surface area contributed by atoms with E-state index in [1.54, 1.807) is 18.2 Å². The van der Waals surface area contributed by atoms with Gasteiger partial charge in [0.05, 0.1) is 9.93 Å². The molecule has 1 aliphatic heterocycles. The summed E-state index contributed by atoms with van der Waals surface area (Å²) >= 11 is 6.86. The third-order valence-electron chi connectivity index (χ3n) is 4.24. The van der Waals surface area contributed by atoms with Gasteiger partial charge in [-0.25, -0.2) is 4.39 Å². The number of imide groups is 1. The van der Waals surface area contributed by atoms with Crippen molar-refractivity contribution in [3.63, 3.8) is 0 Å². The van der Waals surface area contributed by atoms with E-state index in [0.717, 1.165) is 40.8 Å². The van der Waals surface area contributed by atoms with Crippen LogP contribution in [0.15, 0.2) is 29.2 Å². The van der Waals surface area contributed by atoms with Gasteiger partial charge in [-0.15, -0.1) is 0 Å². The molecule has 7 heteroatoms. The molecule has 2 amide bonds. The maximum absolute atomic E-state index is 13.4. The minimum absolute atomic E-state index is 0.0530. The molecule has 0 spiro atoms. The monoisotopic (exact) mass is 392 g/mol. The molecule has 1 aromatic heterocycles. The number of aromatic nitrogens is 1. The van der Waals surface area contributed by atoms with E-state index < -0.39 is 5.82 Å². The van der Waals surface area contributed by atoms with Crippen LogP contribution < -0.4 is 0 Å². The Bertz CT molecular complexity index is 936. The minimum atomic E-state index is -0.470. The topological polar surface area (TPSA) is 42.3 Å². The van der Waals surface area contributed by atoms with Crippen LogP contribution in [0.1, 0.15) is 30.3 Å². The second kappa shape index (κ2) is 7.29. The average molecular weight is 393 g/mol. The maximum Gasteiger partial charge on any atom is 0.293 e. The summed E-state index contributed by atoms with van der Waals surface area (Å²) in [4.78, 5) is 26.1. The highest BCUT2D eigenvalue weighted by atomic mass is 35.5. The fourth-order valence-corrected chi connectivity index (χ4v) is 4.04. The molecule has 1 saturated heterocycles. The van der Waals surface area contributed by atoms with Crippen LogP contribution >= 0.6 is 23.4 Å². The van der Waals surface area contributed by atoms with Gasteiger partial charge in [-0.1, -0.05) is 18.5 Å². The molecule has 0 aliphatic carbocycles. The predicted octanol–water partition coefficient (Wildman–Crippen LogP) is 5.33. The van der Waals surface area contributed by atoms with Crippen LogP contribution in [0.25, 0.3) is 11.8 Å². The van der Waals surface area contributed by atoms with E-state index >= 15 is 0 Å². The Morgan fingerprint density at radius 2 is 1.96 bits per heavy atom. The molecule has 2 heterocycles. The highest BCUT2D eigenvalue weighted by molar-refractivity contribution is 8.18. The van der Waals surface area contributed by atoms with Crippen molar-refractivity contribution in [2.75, 3.05) is 6.54 Å². The standard InChI is InChI=1S/C19H18ClFN2O2S/c1-4-7-22-18(24)17(26-19(22)25)9-13-8-11(2)23(12(13)3)14-5-6-16(21)15(20)10-14/h5-6,8-10H,4,7H2,1-3H3/b17-9+. The van der Waals surface area contributed by atoms with E-state index in [1.807, 2.05) is 31.4 Å². The summed E-state index contributed by atoms with van der Waals surface area (Å²) in [6.45, 7) is 6.18. The van der Waals surface area contributed by atoms with E-state index in [2.05, 4.69) is 0 Å². The summed E-state index contributed by atoms with van der Waals surface area (Å²) in [6, 6.07) is 6.47. The number of halogens is 2. The zero-order valence-electron chi connectivity index (χ0n) is 14.7. The quantitative estimate of drug-likeness (QED) is 0.660. The molecule has 1 aromatic carbocycles. The summed E-state index contributed by atoms with van der Waals surface area (Å²) in [6.07, 6.45) is 2.47. The van der Waals surface area contributed by atoms with Gasteiger partial charge in [0.2, 0.25) is 0 Å². The van der Waals surface area contributed by atoms with Crippen LogP contribution in [0.5, 0.6) is 0 Å². The number of nitrogens with zero attached hydrogens (tertiary/aromatic N) is 2. The summed E-state index contributed by atoms with van der Waals surface area (Å²) in [7, 11) is 0. The number of benzene rings is 1. The largest absolute Gasteiger partial charge is 0.318 e. The summed E-state index contributed by atoms with van der Waals surface area (Å²) in [5.74, 6) is -0.723. The van der Waals surface area contributed by atoms with Crippen molar-refractivity contribution in [2.45, 2.75) is 27.2 Å². The molecule has 0 bridgehead atoms. The third kappa shape index (κ3) is 3.31. The summed E-state index contributed by atoms with van der Waals surface area (Å²) in [5, 5.41) is -0.181. The van der Waals surface area contributed by atoms with Gasteiger partial charge in [0.25, 0.3) is 11.1 Å². The lowest BCUT2D eigenvalue weighted by molar-refractivity contribution is -0.122. The molecular weight excluding hydrogens is 375 g/mol. The molecule has 1 fully saturated rings. The number of carbonyl (C=O) groups excluding carboxylic acids is 2. The molecule has 136 valence electrons. The first-order chi connectivity index (χ1) is 12.3. The van der Waals surface area contributed by atoms with Crippen LogP contribution in [0, 0.1) is 19.7 Å². The number of aryl methyl sites for hydroxylation is 1. The molecule has 0 unspecified atom stereocenters. The van der Waals surface area contributed by atoms with E-state index in [9.17, 15) is 14.0 Å². The highest BCUT2D eigenvalue weighted by Crippen LogP contribution is 2.34. The molecule has 26 heavy (non-hydrogen) atoms. The Labute approximate surface area is 160 Å². The van der Waals surface area contributed by atoms with Crippen LogP contribution in [-0.4, -0.2) is 27.2 Å². The predicted molar refractivity (Wildman–Crippen MR) is 103 cm³/mol. The molecule has 4 nitrogen and oxygen atoms in total. The van der Waals surface area contributed by atoms with Crippen LogP contribution in [-0.2, 0) is 4.79 Å². The van der Waals surface area contributed by atoms with Crippen LogP contribution in [0.2, 0.25) is 5.02 Å². The van der Waals surface area contributed by atoms with Gasteiger partial charge in [0.1, 0.15) is 5.82 Å². The SMILES string of the molecule is CCCN1C(=O)S/C(=C/c2cc(C)n(-c3ccc(F)c(Cl)c3)c2C)C1=O. The second-order valence-corrected chi connectivity index (χ2v) is 7.49. The normalized spacial score (nSPS) is 16.2. The van der Waals surface area contributed by atoms with Gasteiger partial charge in [-0.3, -0.25) is 14.5 Å². The van der Waals surface area contributed by atoms with Gasteiger partial charge in [-0.05, 0) is 67.9 Å². The first-order valence-corrected chi connectivity index (χ1v) is 9.42. The molecule has 0 N–H and O–H groups in total. The van der Waals surface area contributed by atoms with Crippen molar-refractivity contribution in [1.82, 2.24) is 9.47 Å². The number of hydrogen-bond donors (Lipinski definition) is 0. The molecule has 2 aromatic rings. The van der Waals surface area contributed by atoms with E-state index in [4.69, 9.17) is 11.6 Å². The first kappa shape index (κ1) is 18.7. The van der Waals surface area contributed by atoms with Crippen molar-refractivity contribution in [3.8, 4) is 5.69 Å². The van der Waals surface area contributed by atoms with Crippen molar-refractivity contribution in [3.05, 3.63) is 57.0 Å². The van der Waals surface area contributed by atoms with Crippen molar-refractivity contribution in [1.29, 1.82) is 0 Å². The fourth-order valence-electron chi connectivity index (χ4n) is 3.01.